The van der Waals surface area contributed by atoms with E-state index in [0.717, 1.165) is 0 Å². The summed E-state index contributed by atoms with van der Waals surface area (Å²) in [5, 5.41) is -2.04. The molecule has 0 amide bonds. The summed E-state index contributed by atoms with van der Waals surface area (Å²) < 4.78 is 115. The van der Waals surface area contributed by atoms with Gasteiger partial charge in [0.05, 0.1) is 5.56 Å². The van der Waals surface area contributed by atoms with Gasteiger partial charge in [-0.05, 0) is 33.2 Å². The van der Waals surface area contributed by atoms with Crippen LogP contribution in [0.5, 0.6) is 0 Å². The van der Waals surface area contributed by atoms with Crippen LogP contribution in [-0.4, -0.2) is 28.4 Å². The van der Waals surface area contributed by atoms with Crippen LogP contribution in [0, 0.1) is 23.3 Å². The van der Waals surface area contributed by atoms with Crippen LogP contribution < -0.4 is 0 Å². The summed E-state index contributed by atoms with van der Waals surface area (Å²) in [6.45, 7) is 4.73. The van der Waals surface area contributed by atoms with Gasteiger partial charge in [-0.25, -0.2) is 17.6 Å². The summed E-state index contributed by atoms with van der Waals surface area (Å²) in [6, 6.07) is 0.206. The maximum atomic E-state index is 15.0. The molecular formula is C18H23F7O3Si. The molecule has 0 saturated carbocycles. The second-order valence-electron chi connectivity index (χ2n) is 6.59. The van der Waals surface area contributed by atoms with E-state index in [9.17, 15) is 30.7 Å². The molecule has 1 aliphatic rings. The molecule has 11 heteroatoms. The third-order valence-corrected chi connectivity index (χ3v) is 9.39. The van der Waals surface area contributed by atoms with Crippen LogP contribution in [0.1, 0.15) is 51.2 Å². The van der Waals surface area contributed by atoms with Gasteiger partial charge < -0.3 is 13.6 Å². The highest BCUT2D eigenvalue weighted by Gasteiger charge is 2.64. The van der Waals surface area contributed by atoms with E-state index in [1.165, 1.54) is 6.92 Å². The lowest BCUT2D eigenvalue weighted by molar-refractivity contribution is -0.143. The van der Waals surface area contributed by atoms with Crippen molar-refractivity contribution >= 4 is 8.56 Å². The number of alkyl halides is 3. The fourth-order valence-electron chi connectivity index (χ4n) is 4.06. The lowest BCUT2D eigenvalue weighted by atomic mass is 9.97. The summed E-state index contributed by atoms with van der Waals surface area (Å²) in [5.74, 6) is -9.29. The van der Waals surface area contributed by atoms with E-state index in [1.54, 1.807) is 13.8 Å². The minimum Gasteiger partial charge on any atom is -0.393 e. The van der Waals surface area contributed by atoms with Crippen molar-refractivity contribution in [3.63, 3.8) is 0 Å². The van der Waals surface area contributed by atoms with E-state index in [1.807, 2.05) is 0 Å². The molecule has 1 aliphatic heterocycles. The molecule has 1 atom stereocenters. The van der Waals surface area contributed by atoms with Crippen molar-refractivity contribution in [3.8, 4) is 0 Å². The van der Waals surface area contributed by atoms with Crippen molar-refractivity contribution in [2.45, 2.75) is 57.5 Å². The Hall–Kier alpha value is -1.17. The van der Waals surface area contributed by atoms with E-state index in [-0.39, 0.29) is 32.3 Å². The summed E-state index contributed by atoms with van der Waals surface area (Å²) in [5.41, 5.74) is -3.84. The minimum absolute atomic E-state index is 0.0654. The molecule has 29 heavy (non-hydrogen) atoms. The topological polar surface area (TPSA) is 27.7 Å². The maximum absolute atomic E-state index is 15.0. The molecule has 1 heterocycles. The van der Waals surface area contributed by atoms with Gasteiger partial charge in [0.25, 0.3) is 0 Å². The molecule has 0 aliphatic carbocycles. The third kappa shape index (κ3) is 3.93. The van der Waals surface area contributed by atoms with Crippen LogP contribution in [0.4, 0.5) is 30.7 Å². The Labute approximate surface area is 165 Å². The first-order valence-electron chi connectivity index (χ1n) is 9.38. The minimum atomic E-state index is -5.62. The van der Waals surface area contributed by atoms with Crippen LogP contribution in [-0.2, 0) is 25.0 Å². The van der Waals surface area contributed by atoms with Crippen LogP contribution in [0.3, 0.4) is 0 Å². The molecule has 1 aromatic carbocycles. The van der Waals surface area contributed by atoms with Gasteiger partial charge in [-0.1, -0.05) is 12.8 Å². The molecular weight excluding hydrogens is 425 g/mol. The zero-order chi connectivity index (χ0) is 22.0. The first-order valence-corrected chi connectivity index (χ1v) is 11.4. The fraction of sp³-hybridized carbons (Fsp3) is 0.667. The van der Waals surface area contributed by atoms with Crippen molar-refractivity contribution in [1.82, 2.24) is 0 Å². The molecule has 166 valence electrons. The molecule has 0 bridgehead atoms. The van der Waals surface area contributed by atoms with Crippen molar-refractivity contribution in [3.05, 3.63) is 34.4 Å². The first-order chi connectivity index (χ1) is 13.5. The maximum Gasteiger partial charge on any atom is 0.422 e. The third-order valence-electron chi connectivity index (χ3n) is 5.00. The molecule has 1 unspecified atom stereocenters. The summed E-state index contributed by atoms with van der Waals surface area (Å²) in [6.07, 6.45) is -4.81. The average Bonchev–Trinajstić information content (AvgIpc) is 2.62. The van der Waals surface area contributed by atoms with Gasteiger partial charge in [0.1, 0.15) is 10.8 Å². The van der Waals surface area contributed by atoms with Crippen LogP contribution in [0.15, 0.2) is 0 Å². The zero-order valence-electron chi connectivity index (χ0n) is 16.3. The predicted molar refractivity (Wildman–Crippen MR) is 92.2 cm³/mol. The van der Waals surface area contributed by atoms with Crippen LogP contribution >= 0.6 is 0 Å². The smallest absolute Gasteiger partial charge is 0.393 e. The standard InChI is InChI=1S/C18H23F7O3Si/c1-4-26-17(9-7-8-10-29(17,27-5-2)28-6-3)11-13(19)15(21)12(18(23,24)25)16(22)14(11)20/h4-10H2,1-3H3. The molecule has 1 saturated heterocycles. The Balaban J connectivity index is 2.91. The van der Waals surface area contributed by atoms with E-state index < -0.39 is 54.4 Å². The fourth-order valence-corrected chi connectivity index (χ4v) is 8.47. The molecule has 0 radical (unpaired) electrons. The van der Waals surface area contributed by atoms with E-state index in [0.29, 0.717) is 12.8 Å². The van der Waals surface area contributed by atoms with Crippen molar-refractivity contribution in [1.29, 1.82) is 0 Å². The normalized spacial score (nSPS) is 22.1. The summed E-state index contributed by atoms with van der Waals surface area (Å²) >= 11 is 0. The largest absolute Gasteiger partial charge is 0.422 e. The van der Waals surface area contributed by atoms with Crippen LogP contribution in [0.25, 0.3) is 0 Å². The number of benzene rings is 1. The Morgan fingerprint density at radius 1 is 0.828 bits per heavy atom. The molecule has 1 fully saturated rings. The van der Waals surface area contributed by atoms with Gasteiger partial charge in [0.2, 0.25) is 0 Å². The van der Waals surface area contributed by atoms with Crippen LogP contribution in [0.2, 0.25) is 6.04 Å². The van der Waals surface area contributed by atoms with E-state index in [2.05, 4.69) is 0 Å². The second kappa shape index (κ2) is 8.91. The Bertz CT molecular complexity index is 697. The van der Waals surface area contributed by atoms with Gasteiger partial charge in [0, 0.05) is 19.8 Å². The number of ether oxygens (including phenoxy) is 1. The lowest BCUT2D eigenvalue weighted by Crippen LogP contribution is -2.64. The van der Waals surface area contributed by atoms with Gasteiger partial charge in [-0.15, -0.1) is 0 Å². The monoisotopic (exact) mass is 448 g/mol. The second-order valence-corrected chi connectivity index (χ2v) is 9.98. The highest BCUT2D eigenvalue weighted by molar-refractivity contribution is 6.70. The zero-order valence-corrected chi connectivity index (χ0v) is 17.3. The van der Waals surface area contributed by atoms with Gasteiger partial charge in [-0.3, -0.25) is 0 Å². The molecule has 3 nitrogen and oxygen atoms in total. The molecule has 2 rings (SSSR count). The average molecular weight is 448 g/mol. The SMILES string of the molecule is CCOC1(c2c(F)c(F)c(C(F)(F)F)c(F)c2F)CCCC[Si]1(OCC)OCC. The Morgan fingerprint density at radius 2 is 1.34 bits per heavy atom. The van der Waals surface area contributed by atoms with E-state index in [4.69, 9.17) is 13.6 Å². The Kier molecular flexibility index (Phi) is 7.40. The lowest BCUT2D eigenvalue weighted by Gasteiger charge is -2.49. The summed E-state index contributed by atoms with van der Waals surface area (Å²) in [4.78, 5) is 0. The Morgan fingerprint density at radius 3 is 1.76 bits per heavy atom. The highest BCUT2D eigenvalue weighted by atomic mass is 28.4. The predicted octanol–water partition coefficient (Wildman–Crippen LogP) is 5.73. The quantitative estimate of drug-likeness (QED) is 0.303. The van der Waals surface area contributed by atoms with Crippen molar-refractivity contribution in [2.24, 2.45) is 0 Å². The van der Waals surface area contributed by atoms with Gasteiger partial charge >= 0.3 is 14.7 Å². The van der Waals surface area contributed by atoms with Gasteiger partial charge in [-0.2, -0.15) is 13.2 Å². The number of hydrogen-bond acceptors (Lipinski definition) is 3. The highest BCUT2D eigenvalue weighted by Crippen LogP contribution is 2.51. The molecule has 0 aromatic heterocycles. The van der Waals surface area contributed by atoms with E-state index >= 15 is 0 Å². The molecule has 0 spiro atoms. The number of rotatable bonds is 7. The van der Waals surface area contributed by atoms with Crippen molar-refractivity contribution in [2.75, 3.05) is 19.8 Å². The summed E-state index contributed by atoms with van der Waals surface area (Å²) in [7, 11) is -3.71. The molecule has 0 N–H and O–H groups in total. The molecule has 1 aromatic rings. The number of halogens is 7. The number of hydrogen-bond donors (Lipinski definition) is 0. The first kappa shape index (κ1) is 24.1. The van der Waals surface area contributed by atoms with Crippen molar-refractivity contribution < 1.29 is 44.3 Å². The van der Waals surface area contributed by atoms with Gasteiger partial charge in [0.15, 0.2) is 23.3 Å².